The van der Waals surface area contributed by atoms with E-state index in [4.69, 9.17) is 5.26 Å². The molecular formula is C11H13N3O. The van der Waals surface area contributed by atoms with Crippen LogP contribution in [0, 0.1) is 18.3 Å². The summed E-state index contributed by atoms with van der Waals surface area (Å²) < 4.78 is 1.67. The molecule has 0 aromatic carbocycles. The van der Waals surface area contributed by atoms with Crippen molar-refractivity contribution < 1.29 is 0 Å². The third-order valence-corrected chi connectivity index (χ3v) is 2.72. The fraction of sp³-hybridized carbons (Fsp3) is 0.455. The van der Waals surface area contributed by atoms with Crippen LogP contribution < -0.4 is 10.9 Å². The maximum atomic E-state index is 11.7. The van der Waals surface area contributed by atoms with Crippen LogP contribution in [-0.2, 0) is 6.54 Å². The Balaban J connectivity index is 2.70. The van der Waals surface area contributed by atoms with E-state index >= 15 is 0 Å². The Morgan fingerprint density at radius 1 is 1.53 bits per heavy atom. The summed E-state index contributed by atoms with van der Waals surface area (Å²) >= 11 is 0. The first-order chi connectivity index (χ1) is 7.24. The lowest BCUT2D eigenvalue weighted by Gasteiger charge is -2.12. The second-order valence-corrected chi connectivity index (χ2v) is 3.79. The van der Waals surface area contributed by atoms with E-state index < -0.39 is 0 Å². The first kappa shape index (κ1) is 9.78. The molecule has 0 unspecified atom stereocenters. The Kier molecular flexibility index (Phi) is 2.46. The normalized spacial score (nSPS) is 14.7. The van der Waals surface area contributed by atoms with Gasteiger partial charge in [0.15, 0.2) is 0 Å². The van der Waals surface area contributed by atoms with Gasteiger partial charge in [0.1, 0.15) is 11.9 Å². The van der Waals surface area contributed by atoms with Crippen LogP contribution >= 0.6 is 0 Å². The molecule has 0 spiro atoms. The van der Waals surface area contributed by atoms with Gasteiger partial charge in [-0.15, -0.1) is 0 Å². The molecule has 2 rings (SSSR count). The van der Waals surface area contributed by atoms with Crippen LogP contribution in [0.3, 0.4) is 0 Å². The zero-order chi connectivity index (χ0) is 10.8. The maximum Gasteiger partial charge on any atom is 0.252 e. The summed E-state index contributed by atoms with van der Waals surface area (Å²) in [6.45, 7) is 3.33. The number of pyridine rings is 1. The molecule has 0 saturated carbocycles. The highest BCUT2D eigenvalue weighted by molar-refractivity contribution is 5.56. The third kappa shape index (κ3) is 1.61. The molecule has 2 heterocycles. The minimum Gasteiger partial charge on any atom is -0.370 e. The lowest BCUT2D eigenvalue weighted by molar-refractivity contribution is 0.636. The highest BCUT2D eigenvalue weighted by atomic mass is 16.1. The molecule has 0 saturated heterocycles. The van der Waals surface area contributed by atoms with Crippen molar-refractivity contribution in [3.05, 3.63) is 27.5 Å². The molecule has 1 aliphatic heterocycles. The standard InChI is InChI=1S/C11H13N3O/c1-8-6-10(15)14-5-3-2-4-13-11(14)9(8)7-12/h6,13H,2-5H2,1H3. The quantitative estimate of drug-likeness (QED) is 0.690. The van der Waals surface area contributed by atoms with E-state index in [2.05, 4.69) is 11.4 Å². The fourth-order valence-electron chi connectivity index (χ4n) is 1.92. The van der Waals surface area contributed by atoms with E-state index in [0.29, 0.717) is 17.9 Å². The van der Waals surface area contributed by atoms with Gasteiger partial charge in [-0.05, 0) is 25.3 Å². The van der Waals surface area contributed by atoms with Crippen molar-refractivity contribution in [2.45, 2.75) is 26.3 Å². The number of anilines is 1. The molecule has 1 N–H and O–H groups in total. The largest absolute Gasteiger partial charge is 0.370 e. The predicted molar refractivity (Wildman–Crippen MR) is 57.9 cm³/mol. The highest BCUT2D eigenvalue weighted by Gasteiger charge is 2.14. The molecule has 1 aromatic heterocycles. The third-order valence-electron chi connectivity index (χ3n) is 2.72. The Morgan fingerprint density at radius 2 is 2.33 bits per heavy atom. The molecule has 1 aromatic rings. The van der Waals surface area contributed by atoms with Crippen molar-refractivity contribution in [2.24, 2.45) is 0 Å². The van der Waals surface area contributed by atoms with Crippen LogP contribution in [0.4, 0.5) is 5.82 Å². The molecule has 0 atom stereocenters. The second-order valence-electron chi connectivity index (χ2n) is 3.79. The van der Waals surface area contributed by atoms with Crippen molar-refractivity contribution in [3.8, 4) is 6.07 Å². The Bertz CT molecular complexity index is 482. The van der Waals surface area contributed by atoms with Crippen molar-refractivity contribution in [3.63, 3.8) is 0 Å². The van der Waals surface area contributed by atoms with E-state index in [1.807, 2.05) is 0 Å². The molecule has 4 nitrogen and oxygen atoms in total. The molecule has 15 heavy (non-hydrogen) atoms. The van der Waals surface area contributed by atoms with Gasteiger partial charge in [0.2, 0.25) is 0 Å². The second kappa shape index (κ2) is 3.77. The van der Waals surface area contributed by atoms with Crippen LogP contribution in [0.15, 0.2) is 10.9 Å². The average molecular weight is 203 g/mol. The molecule has 0 bridgehead atoms. The summed E-state index contributed by atoms with van der Waals surface area (Å²) in [6.07, 6.45) is 2.01. The Hall–Kier alpha value is -1.76. The molecule has 78 valence electrons. The molecule has 1 aliphatic rings. The van der Waals surface area contributed by atoms with Crippen LogP contribution in [0.5, 0.6) is 0 Å². The van der Waals surface area contributed by atoms with Crippen molar-refractivity contribution in [1.29, 1.82) is 5.26 Å². The molecule has 0 aliphatic carbocycles. The van der Waals surface area contributed by atoms with Crippen molar-refractivity contribution in [1.82, 2.24) is 4.57 Å². The Morgan fingerprint density at radius 3 is 3.07 bits per heavy atom. The van der Waals surface area contributed by atoms with Crippen molar-refractivity contribution in [2.75, 3.05) is 11.9 Å². The monoisotopic (exact) mass is 203 g/mol. The summed E-state index contributed by atoms with van der Waals surface area (Å²) in [5.74, 6) is 0.694. The van der Waals surface area contributed by atoms with Crippen molar-refractivity contribution >= 4 is 5.82 Å². The van der Waals surface area contributed by atoms with Crippen LogP contribution in [-0.4, -0.2) is 11.1 Å². The summed E-state index contributed by atoms with van der Waals surface area (Å²) in [7, 11) is 0. The fourth-order valence-corrected chi connectivity index (χ4v) is 1.92. The number of nitrogens with zero attached hydrogens (tertiary/aromatic N) is 2. The molecular weight excluding hydrogens is 190 g/mol. The first-order valence-electron chi connectivity index (χ1n) is 5.12. The van der Waals surface area contributed by atoms with Gasteiger partial charge in [-0.2, -0.15) is 5.26 Å². The number of rotatable bonds is 0. The summed E-state index contributed by atoms with van der Waals surface area (Å²) in [4.78, 5) is 11.7. The van der Waals surface area contributed by atoms with Gasteiger partial charge >= 0.3 is 0 Å². The van der Waals surface area contributed by atoms with E-state index in [1.54, 1.807) is 11.5 Å². The van der Waals surface area contributed by atoms with Gasteiger partial charge in [0.05, 0.1) is 5.56 Å². The van der Waals surface area contributed by atoms with E-state index in [9.17, 15) is 4.79 Å². The number of nitrogens with one attached hydrogen (secondary N) is 1. The number of hydrogen-bond acceptors (Lipinski definition) is 3. The average Bonchev–Trinajstić information content (AvgIpc) is 2.44. The van der Waals surface area contributed by atoms with E-state index in [-0.39, 0.29) is 5.56 Å². The summed E-state index contributed by atoms with van der Waals surface area (Å²) in [5.41, 5.74) is 1.33. The van der Waals surface area contributed by atoms with Gasteiger partial charge in [-0.1, -0.05) is 0 Å². The number of nitriles is 1. The minimum absolute atomic E-state index is 0.0177. The van der Waals surface area contributed by atoms with Gasteiger partial charge in [0, 0.05) is 19.2 Å². The number of aromatic nitrogens is 1. The lowest BCUT2D eigenvalue weighted by Crippen LogP contribution is -2.23. The van der Waals surface area contributed by atoms with Crippen LogP contribution in [0.1, 0.15) is 24.0 Å². The summed E-state index contributed by atoms with van der Waals surface area (Å²) in [5, 5.41) is 12.2. The van der Waals surface area contributed by atoms with E-state index in [1.165, 1.54) is 6.07 Å². The first-order valence-corrected chi connectivity index (χ1v) is 5.12. The van der Waals surface area contributed by atoms with Gasteiger partial charge in [-0.3, -0.25) is 9.36 Å². The lowest BCUT2D eigenvalue weighted by atomic mass is 10.1. The molecule has 4 heteroatoms. The highest BCUT2D eigenvalue weighted by Crippen LogP contribution is 2.19. The summed E-state index contributed by atoms with van der Waals surface area (Å²) in [6, 6.07) is 3.69. The van der Waals surface area contributed by atoms with E-state index in [0.717, 1.165) is 24.9 Å². The zero-order valence-corrected chi connectivity index (χ0v) is 8.71. The smallest absolute Gasteiger partial charge is 0.252 e. The minimum atomic E-state index is -0.0177. The van der Waals surface area contributed by atoms with Crippen LogP contribution in [0.25, 0.3) is 0 Å². The topological polar surface area (TPSA) is 57.8 Å². The van der Waals surface area contributed by atoms with Gasteiger partial charge in [0.25, 0.3) is 5.56 Å². The number of aryl methyl sites for hydroxylation is 1. The maximum absolute atomic E-state index is 11.7. The Labute approximate surface area is 88.1 Å². The zero-order valence-electron chi connectivity index (χ0n) is 8.71. The molecule has 0 amide bonds. The van der Waals surface area contributed by atoms with Gasteiger partial charge in [-0.25, -0.2) is 0 Å². The van der Waals surface area contributed by atoms with Gasteiger partial charge < -0.3 is 5.32 Å². The predicted octanol–water partition coefficient (Wildman–Crippen LogP) is 1.23. The number of fused-ring (bicyclic) bond motifs is 1. The molecule has 0 fully saturated rings. The number of hydrogen-bond donors (Lipinski definition) is 1. The molecule has 0 radical (unpaired) electrons. The van der Waals surface area contributed by atoms with Crippen LogP contribution in [0.2, 0.25) is 0 Å². The SMILES string of the molecule is Cc1cc(=O)n2c(c1C#N)NCCCC2.